The van der Waals surface area contributed by atoms with Gasteiger partial charge in [0.25, 0.3) is 0 Å². The van der Waals surface area contributed by atoms with Crippen molar-refractivity contribution in [2.45, 2.75) is 13.8 Å². The predicted octanol–water partition coefficient (Wildman–Crippen LogP) is 3.67. The molecule has 0 radical (unpaired) electrons. The van der Waals surface area contributed by atoms with E-state index in [1.807, 2.05) is 50.2 Å². The number of carbonyl (C=O) groups is 1. The van der Waals surface area contributed by atoms with Gasteiger partial charge in [0.05, 0.1) is 5.33 Å². The molecule has 17 heavy (non-hydrogen) atoms. The summed E-state index contributed by atoms with van der Waals surface area (Å²) in [5, 5.41) is 0.367. The molecule has 2 rings (SSSR count). The fraction of sp³-hybridized carbons (Fsp3) is 0.214. The number of hydrogen-bond acceptors (Lipinski definition) is 1. The van der Waals surface area contributed by atoms with Gasteiger partial charge in [0.15, 0.2) is 5.78 Å². The molecule has 1 heterocycles. The number of alkyl halides is 1. The van der Waals surface area contributed by atoms with Crippen molar-refractivity contribution in [1.82, 2.24) is 4.57 Å². The van der Waals surface area contributed by atoms with E-state index in [-0.39, 0.29) is 5.78 Å². The summed E-state index contributed by atoms with van der Waals surface area (Å²) in [5.41, 5.74) is 3.97. The van der Waals surface area contributed by atoms with Crippen LogP contribution in [0.1, 0.15) is 21.7 Å². The van der Waals surface area contributed by atoms with E-state index in [4.69, 9.17) is 0 Å². The van der Waals surface area contributed by atoms with Crippen LogP contribution in [0.2, 0.25) is 0 Å². The first-order valence-corrected chi connectivity index (χ1v) is 6.61. The SMILES string of the molecule is Cc1cc(C(=O)CBr)c(C)n1-c1ccccc1. The van der Waals surface area contributed by atoms with Crippen molar-refractivity contribution < 1.29 is 4.79 Å². The predicted molar refractivity (Wildman–Crippen MR) is 73.4 cm³/mol. The van der Waals surface area contributed by atoms with E-state index in [1.54, 1.807) is 0 Å². The van der Waals surface area contributed by atoms with E-state index >= 15 is 0 Å². The zero-order valence-corrected chi connectivity index (χ0v) is 11.5. The van der Waals surface area contributed by atoms with Crippen molar-refractivity contribution >= 4 is 21.7 Å². The van der Waals surface area contributed by atoms with Crippen LogP contribution in [0.15, 0.2) is 36.4 Å². The van der Waals surface area contributed by atoms with E-state index in [9.17, 15) is 4.79 Å². The molecule has 1 aromatic heterocycles. The number of rotatable bonds is 3. The van der Waals surface area contributed by atoms with Crippen LogP contribution < -0.4 is 0 Å². The van der Waals surface area contributed by atoms with Gasteiger partial charge in [0.2, 0.25) is 0 Å². The molecule has 88 valence electrons. The number of carbonyl (C=O) groups excluding carboxylic acids is 1. The molecule has 0 aliphatic heterocycles. The summed E-state index contributed by atoms with van der Waals surface area (Å²) in [6, 6.07) is 12.0. The van der Waals surface area contributed by atoms with Gasteiger partial charge < -0.3 is 4.57 Å². The molecule has 0 atom stereocenters. The fourth-order valence-corrected chi connectivity index (χ4v) is 2.39. The van der Waals surface area contributed by atoms with E-state index in [1.165, 1.54) is 0 Å². The van der Waals surface area contributed by atoms with E-state index in [0.29, 0.717) is 5.33 Å². The van der Waals surface area contributed by atoms with Gasteiger partial charge in [-0.1, -0.05) is 34.1 Å². The third-order valence-corrected chi connectivity index (χ3v) is 3.38. The minimum absolute atomic E-state index is 0.125. The Labute approximate surface area is 109 Å². The van der Waals surface area contributed by atoms with Crippen molar-refractivity contribution in [3.05, 3.63) is 53.3 Å². The van der Waals surface area contributed by atoms with Crippen LogP contribution in [-0.4, -0.2) is 15.7 Å². The van der Waals surface area contributed by atoms with Crippen molar-refractivity contribution in [2.24, 2.45) is 0 Å². The number of aromatic nitrogens is 1. The van der Waals surface area contributed by atoms with Crippen LogP contribution in [0.3, 0.4) is 0 Å². The van der Waals surface area contributed by atoms with E-state index in [2.05, 4.69) is 20.5 Å². The summed E-state index contributed by atoms with van der Waals surface area (Å²) in [7, 11) is 0. The molecule has 0 aliphatic rings. The monoisotopic (exact) mass is 291 g/mol. The maximum absolute atomic E-state index is 11.8. The standard InChI is InChI=1S/C14H14BrNO/c1-10-8-13(14(17)9-15)11(2)16(10)12-6-4-3-5-7-12/h3-8H,9H2,1-2H3. The first kappa shape index (κ1) is 12.1. The van der Waals surface area contributed by atoms with Crippen LogP contribution in [0.4, 0.5) is 0 Å². The summed E-state index contributed by atoms with van der Waals surface area (Å²) >= 11 is 3.22. The highest BCUT2D eigenvalue weighted by molar-refractivity contribution is 9.09. The molecule has 0 saturated carbocycles. The Kier molecular flexibility index (Phi) is 3.48. The molecular formula is C14H14BrNO. The normalized spacial score (nSPS) is 10.5. The van der Waals surface area contributed by atoms with Gasteiger partial charge >= 0.3 is 0 Å². The number of aryl methyl sites for hydroxylation is 1. The zero-order chi connectivity index (χ0) is 12.4. The van der Waals surface area contributed by atoms with Gasteiger partial charge in [-0.3, -0.25) is 4.79 Å². The average molecular weight is 292 g/mol. The minimum atomic E-state index is 0.125. The molecule has 0 amide bonds. The van der Waals surface area contributed by atoms with Crippen molar-refractivity contribution in [3.63, 3.8) is 0 Å². The highest BCUT2D eigenvalue weighted by Crippen LogP contribution is 2.21. The molecule has 0 unspecified atom stereocenters. The number of para-hydroxylation sites is 1. The number of nitrogens with zero attached hydrogens (tertiary/aromatic N) is 1. The number of hydrogen-bond donors (Lipinski definition) is 0. The molecule has 3 heteroatoms. The lowest BCUT2D eigenvalue weighted by atomic mass is 10.2. The zero-order valence-electron chi connectivity index (χ0n) is 9.90. The van der Waals surface area contributed by atoms with Gasteiger partial charge in [-0.05, 0) is 32.0 Å². The molecule has 2 nitrogen and oxygen atoms in total. The summed E-state index contributed by atoms with van der Waals surface area (Å²) in [4.78, 5) is 11.8. The quantitative estimate of drug-likeness (QED) is 0.625. The Hall–Kier alpha value is -1.35. The van der Waals surface area contributed by atoms with Crippen molar-refractivity contribution in [3.8, 4) is 5.69 Å². The number of Topliss-reactive ketones (excluding diaryl/α,β-unsaturated/α-hetero) is 1. The summed E-state index contributed by atoms with van der Waals surface area (Å²) in [6.45, 7) is 4.00. The van der Waals surface area contributed by atoms with Crippen LogP contribution in [-0.2, 0) is 0 Å². The number of halogens is 1. The summed E-state index contributed by atoms with van der Waals surface area (Å²) in [5.74, 6) is 0.125. The van der Waals surface area contributed by atoms with Gasteiger partial charge in [-0.15, -0.1) is 0 Å². The molecule has 2 aromatic rings. The number of benzene rings is 1. The smallest absolute Gasteiger partial charge is 0.175 e. The first-order chi connectivity index (χ1) is 8.15. The molecule has 0 saturated heterocycles. The van der Waals surface area contributed by atoms with Crippen LogP contribution in [0.25, 0.3) is 5.69 Å². The van der Waals surface area contributed by atoms with Gasteiger partial charge in [-0.25, -0.2) is 0 Å². The number of ketones is 1. The molecule has 0 aliphatic carbocycles. The van der Waals surface area contributed by atoms with E-state index in [0.717, 1.165) is 22.6 Å². The largest absolute Gasteiger partial charge is 0.318 e. The molecule has 1 aromatic carbocycles. The lowest BCUT2D eigenvalue weighted by Crippen LogP contribution is -2.03. The highest BCUT2D eigenvalue weighted by atomic mass is 79.9. The Morgan fingerprint density at radius 3 is 2.47 bits per heavy atom. The Bertz CT molecular complexity index is 543. The van der Waals surface area contributed by atoms with Gasteiger partial charge in [0, 0.05) is 22.6 Å². The van der Waals surface area contributed by atoms with Crippen LogP contribution >= 0.6 is 15.9 Å². The lowest BCUT2D eigenvalue weighted by Gasteiger charge is -2.09. The van der Waals surface area contributed by atoms with Crippen LogP contribution in [0.5, 0.6) is 0 Å². The molecule has 0 spiro atoms. The fourth-order valence-electron chi connectivity index (χ4n) is 2.09. The van der Waals surface area contributed by atoms with Crippen molar-refractivity contribution in [1.29, 1.82) is 0 Å². The van der Waals surface area contributed by atoms with E-state index < -0.39 is 0 Å². The first-order valence-electron chi connectivity index (χ1n) is 5.48. The second-order valence-electron chi connectivity index (χ2n) is 4.01. The summed E-state index contributed by atoms with van der Waals surface area (Å²) in [6.07, 6.45) is 0. The van der Waals surface area contributed by atoms with Gasteiger partial charge in [0.1, 0.15) is 0 Å². The third-order valence-electron chi connectivity index (χ3n) is 2.87. The maximum atomic E-state index is 11.8. The lowest BCUT2D eigenvalue weighted by molar-refractivity contribution is 0.102. The second kappa shape index (κ2) is 4.88. The Morgan fingerprint density at radius 1 is 1.24 bits per heavy atom. The maximum Gasteiger partial charge on any atom is 0.175 e. The minimum Gasteiger partial charge on any atom is -0.318 e. The molecule has 0 bridgehead atoms. The summed E-state index contributed by atoms with van der Waals surface area (Å²) < 4.78 is 2.11. The van der Waals surface area contributed by atoms with Gasteiger partial charge in [-0.2, -0.15) is 0 Å². The average Bonchev–Trinajstić information content (AvgIpc) is 2.65. The van der Waals surface area contributed by atoms with Crippen LogP contribution in [0, 0.1) is 13.8 Å². The van der Waals surface area contributed by atoms with Crippen molar-refractivity contribution in [2.75, 3.05) is 5.33 Å². The molecular weight excluding hydrogens is 278 g/mol. The molecule has 0 fully saturated rings. The highest BCUT2D eigenvalue weighted by Gasteiger charge is 2.15. The third kappa shape index (κ3) is 2.20. The Morgan fingerprint density at radius 2 is 1.88 bits per heavy atom. The Balaban J connectivity index is 2.57. The molecule has 0 N–H and O–H groups in total. The topological polar surface area (TPSA) is 22.0 Å². The second-order valence-corrected chi connectivity index (χ2v) is 4.57.